The van der Waals surface area contributed by atoms with Gasteiger partial charge in [-0.15, -0.1) is 12.8 Å². The number of hydrogen-bond donors (Lipinski definition) is 0. The van der Waals surface area contributed by atoms with E-state index in [0.717, 1.165) is 0 Å². The van der Waals surface area contributed by atoms with Gasteiger partial charge in [0.2, 0.25) is 0 Å². The molecule has 0 atom stereocenters. The average Bonchev–Trinajstić information content (AvgIpc) is 2.23. The maximum absolute atomic E-state index is 11.5. The Morgan fingerprint density at radius 3 is 1.27 bits per heavy atom. The Hall–Kier alpha value is -1.50. The van der Waals surface area contributed by atoms with Crippen LogP contribution in [0.15, 0.2) is 0 Å². The molecule has 0 amide bonds. The summed E-state index contributed by atoms with van der Waals surface area (Å²) in [7, 11) is -7.85. The Morgan fingerprint density at radius 2 is 1.05 bits per heavy atom. The fourth-order valence-corrected chi connectivity index (χ4v) is 3.12. The Kier molecular flexibility index (Phi) is 6.69. The molecule has 0 bridgehead atoms. The monoisotopic (exact) mass is 346 g/mol. The summed E-state index contributed by atoms with van der Waals surface area (Å²) in [5, 5.41) is 0. The SMILES string of the molecule is C#CCS(=O)(=O)OC(C)(C)C#CC(C)(C)OS(=O)(=O)CC#C. The van der Waals surface area contributed by atoms with Crippen molar-refractivity contribution >= 4 is 20.2 Å². The molecule has 0 aliphatic rings. The molecule has 22 heavy (non-hydrogen) atoms. The van der Waals surface area contributed by atoms with E-state index in [1.54, 1.807) is 0 Å². The van der Waals surface area contributed by atoms with Gasteiger partial charge in [-0.2, -0.15) is 16.8 Å². The molecule has 6 nitrogen and oxygen atoms in total. The second-order valence-electron chi connectivity index (χ2n) is 5.25. The van der Waals surface area contributed by atoms with Crippen molar-refractivity contribution in [2.75, 3.05) is 11.5 Å². The third-order valence-corrected chi connectivity index (χ3v) is 4.24. The van der Waals surface area contributed by atoms with Gasteiger partial charge in [-0.25, -0.2) is 0 Å². The highest BCUT2D eigenvalue weighted by atomic mass is 32.2. The lowest BCUT2D eigenvalue weighted by atomic mass is 10.1. The highest BCUT2D eigenvalue weighted by Gasteiger charge is 2.27. The van der Waals surface area contributed by atoms with E-state index in [1.165, 1.54) is 27.7 Å². The minimum atomic E-state index is -3.92. The Bertz CT molecular complexity index is 683. The molecule has 0 aliphatic carbocycles. The lowest BCUT2D eigenvalue weighted by molar-refractivity contribution is 0.170. The van der Waals surface area contributed by atoms with Crippen LogP contribution < -0.4 is 0 Å². The van der Waals surface area contributed by atoms with E-state index in [0.29, 0.717) is 0 Å². The summed E-state index contributed by atoms with van der Waals surface area (Å²) in [6.07, 6.45) is 9.85. The standard InChI is InChI=1S/C14H18O6S2/c1-7-11-21(15,16)19-13(3,4)9-10-14(5,6)20-22(17,18)12-8-2/h1-2H,11-12H2,3-6H3. The average molecular weight is 346 g/mol. The predicted molar refractivity (Wildman–Crippen MR) is 83.3 cm³/mol. The molecule has 8 heteroatoms. The fourth-order valence-electron chi connectivity index (χ4n) is 1.24. The maximum atomic E-state index is 11.5. The molecule has 0 N–H and O–H groups in total. The van der Waals surface area contributed by atoms with E-state index in [4.69, 9.17) is 21.2 Å². The Balaban J connectivity index is 5.21. The first kappa shape index (κ1) is 20.5. The van der Waals surface area contributed by atoms with E-state index in [2.05, 4.69) is 11.8 Å². The number of terminal acetylenes is 2. The van der Waals surface area contributed by atoms with Crippen molar-refractivity contribution in [1.29, 1.82) is 0 Å². The first-order valence-corrected chi connectivity index (χ1v) is 9.17. The van der Waals surface area contributed by atoms with Crippen molar-refractivity contribution in [1.82, 2.24) is 0 Å². The molecule has 0 heterocycles. The minimum Gasteiger partial charge on any atom is -0.250 e. The van der Waals surface area contributed by atoms with Gasteiger partial charge in [0.15, 0.2) is 0 Å². The van der Waals surface area contributed by atoms with Crippen LogP contribution in [0.2, 0.25) is 0 Å². The topological polar surface area (TPSA) is 86.7 Å². The number of hydrogen-bond acceptors (Lipinski definition) is 6. The predicted octanol–water partition coefficient (Wildman–Crippen LogP) is 0.506. The van der Waals surface area contributed by atoms with E-state index in [1.807, 2.05) is 11.8 Å². The first-order valence-electron chi connectivity index (χ1n) is 6.02. The Labute approximate surface area is 132 Å². The summed E-state index contributed by atoms with van der Waals surface area (Å²) >= 11 is 0. The first-order chi connectivity index (χ1) is 9.74. The van der Waals surface area contributed by atoms with Gasteiger partial charge in [-0.05, 0) is 27.7 Å². The van der Waals surface area contributed by atoms with Gasteiger partial charge < -0.3 is 0 Å². The van der Waals surface area contributed by atoms with E-state index in [-0.39, 0.29) is 0 Å². The molecule has 0 aromatic carbocycles. The van der Waals surface area contributed by atoms with Crippen molar-refractivity contribution in [2.24, 2.45) is 0 Å². The molecule has 0 saturated heterocycles. The molecular formula is C14H18O6S2. The summed E-state index contributed by atoms with van der Waals surface area (Å²) < 4.78 is 55.7. The van der Waals surface area contributed by atoms with Gasteiger partial charge in [-0.1, -0.05) is 23.7 Å². The molecule has 0 aromatic rings. The van der Waals surface area contributed by atoms with Gasteiger partial charge in [0, 0.05) is 0 Å². The second kappa shape index (κ2) is 7.17. The lowest BCUT2D eigenvalue weighted by Crippen LogP contribution is -2.31. The van der Waals surface area contributed by atoms with Crippen LogP contribution >= 0.6 is 0 Å². The normalized spacial score (nSPS) is 12.6. The third-order valence-electron chi connectivity index (χ3n) is 1.86. The molecule has 0 aliphatic heterocycles. The van der Waals surface area contributed by atoms with Gasteiger partial charge in [0.25, 0.3) is 20.2 Å². The summed E-state index contributed by atoms with van der Waals surface area (Å²) in [5.74, 6) is 7.79. The zero-order valence-corrected chi connectivity index (χ0v) is 14.5. The highest BCUT2D eigenvalue weighted by Crippen LogP contribution is 2.16. The smallest absolute Gasteiger partial charge is 0.250 e. The second-order valence-corrected chi connectivity index (χ2v) is 8.39. The van der Waals surface area contributed by atoms with E-state index >= 15 is 0 Å². The minimum absolute atomic E-state index is 0.589. The largest absolute Gasteiger partial charge is 0.280 e. The van der Waals surface area contributed by atoms with Crippen LogP contribution in [0.4, 0.5) is 0 Å². The van der Waals surface area contributed by atoms with Crippen molar-refractivity contribution < 1.29 is 25.2 Å². The Morgan fingerprint density at radius 1 is 0.773 bits per heavy atom. The van der Waals surface area contributed by atoms with Crippen LogP contribution in [-0.4, -0.2) is 39.5 Å². The molecule has 122 valence electrons. The molecule has 0 rings (SSSR count). The summed E-state index contributed by atoms with van der Waals surface area (Å²) in [5.41, 5.74) is -2.79. The summed E-state index contributed by atoms with van der Waals surface area (Å²) in [6.45, 7) is 5.61. The zero-order valence-electron chi connectivity index (χ0n) is 12.8. The molecule has 0 spiro atoms. The molecule has 0 unspecified atom stereocenters. The highest BCUT2D eigenvalue weighted by molar-refractivity contribution is 7.87. The van der Waals surface area contributed by atoms with Crippen LogP contribution in [0.1, 0.15) is 27.7 Å². The van der Waals surface area contributed by atoms with Crippen LogP contribution in [0.5, 0.6) is 0 Å². The van der Waals surface area contributed by atoms with Crippen LogP contribution in [0.25, 0.3) is 0 Å². The van der Waals surface area contributed by atoms with Gasteiger partial charge >= 0.3 is 0 Å². The number of rotatable bonds is 6. The molecule has 0 aromatic heterocycles. The van der Waals surface area contributed by atoms with E-state index < -0.39 is 42.9 Å². The summed E-state index contributed by atoms with van der Waals surface area (Å²) in [6, 6.07) is 0. The van der Waals surface area contributed by atoms with Gasteiger partial charge in [-0.3, -0.25) is 8.37 Å². The third kappa shape index (κ3) is 8.71. The lowest BCUT2D eigenvalue weighted by Gasteiger charge is -2.20. The van der Waals surface area contributed by atoms with Crippen LogP contribution in [-0.2, 0) is 28.6 Å². The molecule has 0 radical (unpaired) electrons. The fraction of sp³-hybridized carbons (Fsp3) is 0.571. The van der Waals surface area contributed by atoms with Gasteiger partial charge in [0.05, 0.1) is 0 Å². The van der Waals surface area contributed by atoms with Gasteiger partial charge in [0.1, 0.15) is 22.7 Å². The summed E-state index contributed by atoms with van der Waals surface area (Å²) in [4.78, 5) is 0. The zero-order chi connectivity index (χ0) is 17.7. The van der Waals surface area contributed by atoms with Crippen LogP contribution in [0.3, 0.4) is 0 Å². The van der Waals surface area contributed by atoms with Crippen molar-refractivity contribution in [3.05, 3.63) is 0 Å². The molecular weight excluding hydrogens is 328 g/mol. The molecule has 0 saturated carbocycles. The van der Waals surface area contributed by atoms with Crippen molar-refractivity contribution in [3.8, 4) is 36.5 Å². The van der Waals surface area contributed by atoms with Crippen molar-refractivity contribution in [3.63, 3.8) is 0 Å². The van der Waals surface area contributed by atoms with Crippen molar-refractivity contribution in [2.45, 2.75) is 38.9 Å². The quantitative estimate of drug-likeness (QED) is 0.514. The van der Waals surface area contributed by atoms with Crippen LogP contribution in [0, 0.1) is 36.5 Å². The van der Waals surface area contributed by atoms with E-state index in [9.17, 15) is 16.8 Å². The molecule has 0 fully saturated rings. The maximum Gasteiger partial charge on any atom is 0.280 e.